The predicted molar refractivity (Wildman–Crippen MR) is 82.2 cm³/mol. The summed E-state index contributed by atoms with van der Waals surface area (Å²) in [6.07, 6.45) is -4.41. The SMILES string of the molecule is CC(C)(CCl)C(=O)NCC#CCOc1cccc(C(F)(F)F)c1. The molecule has 0 saturated heterocycles. The highest BCUT2D eigenvalue weighted by Gasteiger charge is 2.30. The van der Waals surface area contributed by atoms with Crippen molar-refractivity contribution < 1.29 is 22.7 Å². The third kappa shape index (κ3) is 6.41. The maximum absolute atomic E-state index is 12.5. The van der Waals surface area contributed by atoms with E-state index >= 15 is 0 Å². The molecule has 3 nitrogen and oxygen atoms in total. The van der Waals surface area contributed by atoms with E-state index in [-0.39, 0.29) is 30.7 Å². The van der Waals surface area contributed by atoms with Crippen molar-refractivity contribution in [3.8, 4) is 17.6 Å². The van der Waals surface area contributed by atoms with Crippen LogP contribution in [-0.4, -0.2) is 24.9 Å². The summed E-state index contributed by atoms with van der Waals surface area (Å²) in [6, 6.07) is 4.56. The number of hydrogen-bond acceptors (Lipinski definition) is 2. The fourth-order valence-electron chi connectivity index (χ4n) is 1.42. The maximum atomic E-state index is 12.5. The number of halogens is 4. The molecule has 23 heavy (non-hydrogen) atoms. The van der Waals surface area contributed by atoms with Gasteiger partial charge in [0.1, 0.15) is 12.4 Å². The molecule has 0 spiro atoms. The van der Waals surface area contributed by atoms with Crippen LogP contribution >= 0.6 is 11.6 Å². The number of ether oxygens (including phenoxy) is 1. The van der Waals surface area contributed by atoms with Crippen LogP contribution in [0.25, 0.3) is 0 Å². The molecule has 0 unspecified atom stereocenters. The standard InChI is InChI=1S/C16H17ClF3NO2/c1-15(2,11-17)14(22)21-8-3-4-9-23-13-7-5-6-12(10-13)16(18,19)20/h5-7,10H,8-9,11H2,1-2H3,(H,21,22). The van der Waals surface area contributed by atoms with Crippen LogP contribution in [0.3, 0.4) is 0 Å². The smallest absolute Gasteiger partial charge is 0.416 e. The number of benzene rings is 1. The molecule has 0 atom stereocenters. The number of hydrogen-bond donors (Lipinski definition) is 1. The van der Waals surface area contributed by atoms with Gasteiger partial charge in [0.25, 0.3) is 0 Å². The van der Waals surface area contributed by atoms with Crippen LogP contribution < -0.4 is 10.1 Å². The summed E-state index contributed by atoms with van der Waals surface area (Å²) in [5.74, 6) is 5.32. The Hall–Kier alpha value is -1.87. The van der Waals surface area contributed by atoms with Crippen molar-refractivity contribution in [1.29, 1.82) is 0 Å². The first-order valence-electron chi connectivity index (χ1n) is 6.77. The van der Waals surface area contributed by atoms with Crippen molar-refractivity contribution in [2.75, 3.05) is 19.0 Å². The van der Waals surface area contributed by atoms with Crippen molar-refractivity contribution in [2.45, 2.75) is 20.0 Å². The van der Waals surface area contributed by atoms with E-state index < -0.39 is 17.2 Å². The topological polar surface area (TPSA) is 38.3 Å². The lowest BCUT2D eigenvalue weighted by Gasteiger charge is -2.19. The van der Waals surface area contributed by atoms with Crippen molar-refractivity contribution in [3.63, 3.8) is 0 Å². The highest BCUT2D eigenvalue weighted by Crippen LogP contribution is 2.31. The second-order valence-electron chi connectivity index (χ2n) is 5.37. The first kappa shape index (κ1) is 19.2. The molecular weight excluding hydrogens is 331 g/mol. The molecule has 0 bridgehead atoms. The van der Waals surface area contributed by atoms with Gasteiger partial charge < -0.3 is 10.1 Å². The summed E-state index contributed by atoms with van der Waals surface area (Å²) in [7, 11) is 0. The van der Waals surface area contributed by atoms with Gasteiger partial charge in [0.05, 0.1) is 17.5 Å². The lowest BCUT2D eigenvalue weighted by Crippen LogP contribution is -2.38. The minimum absolute atomic E-state index is 0.0733. The molecule has 0 aliphatic heterocycles. The van der Waals surface area contributed by atoms with Crippen molar-refractivity contribution in [1.82, 2.24) is 5.32 Å². The average Bonchev–Trinajstić information content (AvgIpc) is 2.49. The number of nitrogens with one attached hydrogen (secondary N) is 1. The number of carbonyl (C=O) groups excluding carboxylic acids is 1. The molecule has 1 amide bonds. The summed E-state index contributed by atoms with van der Waals surface area (Å²) in [5.41, 5.74) is -1.46. The second kappa shape index (κ2) is 8.11. The third-order valence-electron chi connectivity index (χ3n) is 2.88. The van der Waals surface area contributed by atoms with Crippen molar-refractivity contribution in [3.05, 3.63) is 29.8 Å². The number of amides is 1. The number of alkyl halides is 4. The zero-order valence-electron chi connectivity index (χ0n) is 12.8. The highest BCUT2D eigenvalue weighted by atomic mass is 35.5. The Bertz CT molecular complexity index is 603. The summed E-state index contributed by atoms with van der Waals surface area (Å²) >= 11 is 5.67. The molecule has 1 rings (SSSR count). The van der Waals surface area contributed by atoms with E-state index in [0.29, 0.717) is 0 Å². The van der Waals surface area contributed by atoms with Gasteiger partial charge in [-0.3, -0.25) is 4.79 Å². The molecule has 0 heterocycles. The molecule has 1 N–H and O–H groups in total. The molecule has 0 aliphatic carbocycles. The first-order chi connectivity index (χ1) is 10.7. The van der Waals surface area contributed by atoms with Crippen LogP contribution in [0.2, 0.25) is 0 Å². The maximum Gasteiger partial charge on any atom is 0.416 e. The number of carbonyl (C=O) groups is 1. The molecule has 7 heteroatoms. The molecule has 0 saturated carbocycles. The van der Waals surface area contributed by atoms with Gasteiger partial charge in [0.15, 0.2) is 0 Å². The van der Waals surface area contributed by atoms with Gasteiger partial charge in [-0.15, -0.1) is 11.6 Å². The lowest BCUT2D eigenvalue weighted by molar-refractivity contribution is -0.137. The van der Waals surface area contributed by atoms with E-state index in [4.69, 9.17) is 16.3 Å². The van der Waals surface area contributed by atoms with Crippen LogP contribution in [-0.2, 0) is 11.0 Å². The van der Waals surface area contributed by atoms with E-state index in [1.807, 2.05) is 0 Å². The lowest BCUT2D eigenvalue weighted by atomic mass is 9.95. The monoisotopic (exact) mass is 347 g/mol. The molecule has 126 valence electrons. The van der Waals surface area contributed by atoms with E-state index in [9.17, 15) is 18.0 Å². The van der Waals surface area contributed by atoms with Gasteiger partial charge >= 0.3 is 6.18 Å². The Morgan fingerprint density at radius 2 is 2.00 bits per heavy atom. The zero-order chi connectivity index (χ0) is 17.5. The largest absolute Gasteiger partial charge is 0.481 e. The summed E-state index contributed by atoms with van der Waals surface area (Å²) < 4.78 is 42.7. The quantitative estimate of drug-likeness (QED) is 0.654. The van der Waals surface area contributed by atoms with E-state index in [2.05, 4.69) is 17.2 Å². The Labute approximate surface area is 138 Å². The Morgan fingerprint density at radius 1 is 1.30 bits per heavy atom. The normalized spacial score (nSPS) is 11.4. The predicted octanol–water partition coefficient (Wildman–Crippen LogP) is 3.47. The fourth-order valence-corrected chi connectivity index (χ4v) is 1.54. The van der Waals surface area contributed by atoms with Gasteiger partial charge in [-0.2, -0.15) is 13.2 Å². The minimum atomic E-state index is -4.41. The molecule has 0 radical (unpaired) electrons. The Balaban J connectivity index is 2.43. The van der Waals surface area contributed by atoms with Gasteiger partial charge in [-0.05, 0) is 32.0 Å². The van der Waals surface area contributed by atoms with Crippen LogP contribution in [0, 0.1) is 17.3 Å². The summed E-state index contributed by atoms with van der Waals surface area (Å²) in [6.45, 7) is 3.46. The minimum Gasteiger partial charge on any atom is -0.481 e. The molecule has 0 aliphatic rings. The average molecular weight is 348 g/mol. The van der Waals surface area contributed by atoms with E-state index in [1.54, 1.807) is 13.8 Å². The van der Waals surface area contributed by atoms with Gasteiger partial charge in [-0.25, -0.2) is 0 Å². The first-order valence-corrected chi connectivity index (χ1v) is 7.30. The molecule has 1 aromatic rings. The van der Waals surface area contributed by atoms with Gasteiger partial charge in [-0.1, -0.05) is 17.9 Å². The van der Waals surface area contributed by atoms with Crippen molar-refractivity contribution in [2.24, 2.45) is 5.41 Å². The molecule has 0 fully saturated rings. The van der Waals surface area contributed by atoms with E-state index in [1.165, 1.54) is 12.1 Å². The van der Waals surface area contributed by atoms with Crippen LogP contribution in [0.4, 0.5) is 13.2 Å². The highest BCUT2D eigenvalue weighted by molar-refractivity contribution is 6.19. The molecular formula is C16H17ClF3NO2. The zero-order valence-corrected chi connectivity index (χ0v) is 13.5. The second-order valence-corrected chi connectivity index (χ2v) is 5.64. The van der Waals surface area contributed by atoms with Gasteiger partial charge in [0.2, 0.25) is 5.91 Å². The molecule has 1 aromatic carbocycles. The van der Waals surface area contributed by atoms with Crippen molar-refractivity contribution >= 4 is 17.5 Å². The van der Waals surface area contributed by atoms with E-state index in [0.717, 1.165) is 12.1 Å². The Morgan fingerprint density at radius 3 is 2.61 bits per heavy atom. The van der Waals surface area contributed by atoms with Gasteiger partial charge in [0, 0.05) is 5.88 Å². The number of rotatable bonds is 5. The fraction of sp³-hybridized carbons (Fsp3) is 0.438. The summed E-state index contributed by atoms with van der Waals surface area (Å²) in [4.78, 5) is 11.7. The van der Waals surface area contributed by atoms with Crippen LogP contribution in [0.15, 0.2) is 24.3 Å². The third-order valence-corrected chi connectivity index (χ3v) is 3.55. The van der Waals surface area contributed by atoms with Crippen LogP contribution in [0.5, 0.6) is 5.75 Å². The molecule has 0 aromatic heterocycles. The Kier molecular flexibility index (Phi) is 6.77. The summed E-state index contributed by atoms with van der Waals surface area (Å²) in [5, 5.41) is 2.60. The van der Waals surface area contributed by atoms with Crippen LogP contribution in [0.1, 0.15) is 19.4 Å².